The predicted molar refractivity (Wildman–Crippen MR) is 81.6 cm³/mol. The van der Waals surface area contributed by atoms with Gasteiger partial charge in [0.1, 0.15) is 11.3 Å². The fraction of sp³-hybridized carbons (Fsp3) is 0.588. The van der Waals surface area contributed by atoms with Crippen LogP contribution in [0.1, 0.15) is 36.8 Å². The Morgan fingerprint density at radius 1 is 1.27 bits per heavy atom. The summed E-state index contributed by atoms with van der Waals surface area (Å²) in [6, 6.07) is 3.72. The van der Waals surface area contributed by atoms with Crippen LogP contribution in [0.4, 0.5) is 4.79 Å². The van der Waals surface area contributed by atoms with Crippen LogP contribution in [0.3, 0.4) is 0 Å². The monoisotopic (exact) mass is 302 g/mol. The zero-order chi connectivity index (χ0) is 16.1. The van der Waals surface area contributed by atoms with Crippen molar-refractivity contribution < 1.29 is 14.3 Å². The van der Waals surface area contributed by atoms with E-state index in [0.717, 1.165) is 5.56 Å². The van der Waals surface area contributed by atoms with Crippen LogP contribution in [0.25, 0.3) is 0 Å². The van der Waals surface area contributed by atoms with Crippen LogP contribution in [-0.2, 0) is 4.74 Å². The van der Waals surface area contributed by atoms with Crippen molar-refractivity contribution in [2.45, 2.75) is 33.3 Å². The van der Waals surface area contributed by atoms with Crippen molar-refractivity contribution in [1.82, 2.24) is 9.88 Å². The highest BCUT2D eigenvalue weighted by atomic mass is 16.6. The smallest absolute Gasteiger partial charge is 0.410 e. The van der Waals surface area contributed by atoms with Crippen LogP contribution < -0.4 is 0 Å². The summed E-state index contributed by atoms with van der Waals surface area (Å²) in [5.74, 6) is 0.667. The number of ether oxygens (including phenoxy) is 1. The quantitative estimate of drug-likeness (QED) is 0.788. The fourth-order valence-electron chi connectivity index (χ4n) is 3.23. The number of aromatic nitrogens is 1. The van der Waals surface area contributed by atoms with Gasteiger partial charge in [0.05, 0.1) is 0 Å². The van der Waals surface area contributed by atoms with Crippen LogP contribution in [0, 0.1) is 24.7 Å². The molecule has 2 aliphatic rings. The van der Waals surface area contributed by atoms with Crippen LogP contribution >= 0.6 is 0 Å². The molecule has 0 radical (unpaired) electrons. The molecule has 0 bridgehead atoms. The first-order valence-electron chi connectivity index (χ1n) is 7.71. The molecule has 0 aromatic carbocycles. The molecule has 1 aliphatic carbocycles. The first-order chi connectivity index (χ1) is 10.3. The van der Waals surface area contributed by atoms with Crippen molar-refractivity contribution in [1.29, 1.82) is 0 Å². The minimum atomic E-state index is -0.482. The molecule has 5 heteroatoms. The first kappa shape index (κ1) is 15.0. The molecule has 3 rings (SSSR count). The summed E-state index contributed by atoms with van der Waals surface area (Å²) in [4.78, 5) is 30.4. The second-order valence-corrected chi connectivity index (χ2v) is 7.32. The zero-order valence-electron chi connectivity index (χ0n) is 13.5. The van der Waals surface area contributed by atoms with E-state index in [0.29, 0.717) is 18.8 Å². The lowest BCUT2D eigenvalue weighted by Crippen LogP contribution is -2.37. The van der Waals surface area contributed by atoms with Gasteiger partial charge in [0.2, 0.25) is 0 Å². The van der Waals surface area contributed by atoms with Gasteiger partial charge in [0, 0.05) is 25.2 Å². The molecule has 1 aliphatic heterocycles. The SMILES string of the molecule is Cc1ccnc(C(=O)C2C3CN(C(=O)OC(C)(C)C)CC32)c1. The standard InChI is InChI=1S/C17H22N2O3/c1-10-5-6-18-13(7-10)15(20)14-11-8-19(9-12(11)14)16(21)22-17(2,3)4/h5-7,11-12,14H,8-9H2,1-4H3. The number of hydrogen-bond acceptors (Lipinski definition) is 4. The van der Waals surface area contributed by atoms with E-state index in [1.807, 2.05) is 39.8 Å². The van der Waals surface area contributed by atoms with E-state index >= 15 is 0 Å². The van der Waals surface area contributed by atoms with Crippen LogP contribution in [0.2, 0.25) is 0 Å². The maximum absolute atomic E-state index is 12.5. The van der Waals surface area contributed by atoms with Crippen molar-refractivity contribution in [3.63, 3.8) is 0 Å². The largest absolute Gasteiger partial charge is 0.444 e. The van der Waals surface area contributed by atoms with E-state index in [9.17, 15) is 9.59 Å². The van der Waals surface area contributed by atoms with Crippen LogP contribution in [-0.4, -0.2) is 40.5 Å². The molecule has 1 amide bonds. The number of pyridine rings is 1. The lowest BCUT2D eigenvalue weighted by atomic mass is 10.1. The Morgan fingerprint density at radius 3 is 2.45 bits per heavy atom. The average Bonchev–Trinajstić information content (AvgIpc) is 2.89. The number of aryl methyl sites for hydroxylation is 1. The number of likely N-dealkylation sites (tertiary alicyclic amines) is 1. The van der Waals surface area contributed by atoms with Crippen molar-refractivity contribution >= 4 is 11.9 Å². The summed E-state index contributed by atoms with van der Waals surface area (Å²) in [6.07, 6.45) is 1.40. The second-order valence-electron chi connectivity index (χ2n) is 7.32. The third kappa shape index (κ3) is 2.85. The van der Waals surface area contributed by atoms with E-state index in [-0.39, 0.29) is 29.6 Å². The highest BCUT2D eigenvalue weighted by Crippen LogP contribution is 2.53. The number of nitrogens with zero attached hydrogens (tertiary/aromatic N) is 2. The molecule has 5 nitrogen and oxygen atoms in total. The maximum atomic E-state index is 12.5. The Balaban J connectivity index is 1.59. The van der Waals surface area contributed by atoms with Crippen LogP contribution in [0.5, 0.6) is 0 Å². The Kier molecular flexibility index (Phi) is 3.46. The van der Waals surface area contributed by atoms with Gasteiger partial charge in [-0.2, -0.15) is 0 Å². The summed E-state index contributed by atoms with van der Waals surface area (Å²) in [5.41, 5.74) is 1.10. The molecule has 1 saturated carbocycles. The van der Waals surface area contributed by atoms with Gasteiger partial charge in [-0.15, -0.1) is 0 Å². The Morgan fingerprint density at radius 2 is 1.91 bits per heavy atom. The summed E-state index contributed by atoms with van der Waals surface area (Å²) in [6.45, 7) is 8.76. The summed E-state index contributed by atoms with van der Waals surface area (Å²) < 4.78 is 5.38. The van der Waals surface area contributed by atoms with Gasteiger partial charge in [-0.1, -0.05) is 0 Å². The minimum Gasteiger partial charge on any atom is -0.444 e. The summed E-state index contributed by atoms with van der Waals surface area (Å²) >= 11 is 0. The molecule has 2 unspecified atom stereocenters. The number of carbonyl (C=O) groups is 2. The highest BCUT2D eigenvalue weighted by molar-refractivity contribution is 5.98. The number of piperidine rings is 1. The van der Waals surface area contributed by atoms with Gasteiger partial charge < -0.3 is 9.64 Å². The van der Waals surface area contributed by atoms with E-state index in [1.54, 1.807) is 11.1 Å². The number of hydrogen-bond donors (Lipinski definition) is 0. The topological polar surface area (TPSA) is 59.5 Å². The molecule has 0 spiro atoms. The molecule has 22 heavy (non-hydrogen) atoms. The number of amides is 1. The average molecular weight is 302 g/mol. The molecule has 118 valence electrons. The van der Waals surface area contributed by atoms with Gasteiger partial charge in [-0.05, 0) is 57.2 Å². The van der Waals surface area contributed by atoms with Gasteiger partial charge in [-0.25, -0.2) is 4.79 Å². The Bertz CT molecular complexity index is 609. The molecule has 1 aromatic rings. The molecular weight excluding hydrogens is 280 g/mol. The van der Waals surface area contributed by atoms with Crippen LogP contribution in [0.15, 0.2) is 18.3 Å². The third-order valence-electron chi connectivity index (χ3n) is 4.32. The molecule has 2 atom stereocenters. The highest BCUT2D eigenvalue weighted by Gasteiger charge is 2.60. The second kappa shape index (κ2) is 5.07. The van der Waals surface area contributed by atoms with E-state index in [1.165, 1.54) is 0 Å². The Labute approximate surface area is 130 Å². The normalized spacial score (nSPS) is 26.5. The van der Waals surface area contributed by atoms with Gasteiger partial charge in [0.25, 0.3) is 0 Å². The maximum Gasteiger partial charge on any atom is 0.410 e. The van der Waals surface area contributed by atoms with Gasteiger partial charge >= 0.3 is 6.09 Å². The van der Waals surface area contributed by atoms with E-state index in [2.05, 4.69) is 4.98 Å². The summed E-state index contributed by atoms with van der Waals surface area (Å²) in [5, 5.41) is 0. The molecule has 2 heterocycles. The lowest BCUT2D eigenvalue weighted by molar-refractivity contribution is 0.0263. The van der Waals surface area contributed by atoms with Crippen molar-refractivity contribution in [3.05, 3.63) is 29.6 Å². The molecule has 1 aromatic heterocycles. The Hall–Kier alpha value is -1.91. The van der Waals surface area contributed by atoms with E-state index in [4.69, 9.17) is 4.74 Å². The zero-order valence-corrected chi connectivity index (χ0v) is 13.5. The fourth-order valence-corrected chi connectivity index (χ4v) is 3.23. The van der Waals surface area contributed by atoms with Gasteiger partial charge in [0.15, 0.2) is 5.78 Å². The number of Topliss-reactive ketones (excluding diaryl/α,β-unsaturated/α-hetero) is 1. The van der Waals surface area contributed by atoms with Gasteiger partial charge in [-0.3, -0.25) is 9.78 Å². The van der Waals surface area contributed by atoms with Crippen molar-refractivity contribution in [2.75, 3.05) is 13.1 Å². The van der Waals surface area contributed by atoms with Crippen molar-refractivity contribution in [3.8, 4) is 0 Å². The number of rotatable bonds is 2. The molecule has 2 fully saturated rings. The third-order valence-corrected chi connectivity index (χ3v) is 4.32. The summed E-state index contributed by atoms with van der Waals surface area (Å²) in [7, 11) is 0. The number of fused-ring (bicyclic) bond motifs is 1. The first-order valence-corrected chi connectivity index (χ1v) is 7.71. The van der Waals surface area contributed by atoms with Crippen molar-refractivity contribution in [2.24, 2.45) is 17.8 Å². The number of carbonyl (C=O) groups excluding carboxylic acids is 2. The predicted octanol–water partition coefficient (Wildman–Crippen LogP) is 2.69. The van der Waals surface area contributed by atoms with E-state index < -0.39 is 5.60 Å². The molecule has 0 N–H and O–H groups in total. The number of ketones is 1. The molecule has 1 saturated heterocycles. The minimum absolute atomic E-state index is 0.0213. The lowest BCUT2D eigenvalue weighted by Gasteiger charge is -2.25. The molecular formula is C17H22N2O3.